The van der Waals surface area contributed by atoms with Crippen LogP contribution in [0.1, 0.15) is 32.4 Å². The molecule has 0 aromatic heterocycles. The van der Waals surface area contributed by atoms with E-state index in [1.54, 1.807) is 19.2 Å². The summed E-state index contributed by atoms with van der Waals surface area (Å²) in [7, 11) is 1.63. The first-order chi connectivity index (χ1) is 11.8. The van der Waals surface area contributed by atoms with Gasteiger partial charge in [-0.25, -0.2) is 0 Å². The lowest BCUT2D eigenvalue weighted by molar-refractivity contribution is -0.0498. The number of halogens is 2. The van der Waals surface area contributed by atoms with Gasteiger partial charge in [0.2, 0.25) is 0 Å². The molecule has 1 aromatic carbocycles. The number of hydrogen-bond acceptors (Lipinski definition) is 4. The Morgan fingerprint density at radius 1 is 1.24 bits per heavy atom. The zero-order valence-electron chi connectivity index (χ0n) is 15.1. The molecule has 0 aliphatic carbocycles. The van der Waals surface area contributed by atoms with Crippen molar-refractivity contribution in [2.75, 3.05) is 26.7 Å². The summed E-state index contributed by atoms with van der Waals surface area (Å²) in [6.07, 6.45) is -0.820. The van der Waals surface area contributed by atoms with E-state index in [2.05, 4.69) is 20.4 Å². The van der Waals surface area contributed by atoms with Crippen LogP contribution in [0.25, 0.3) is 0 Å². The second kappa shape index (κ2) is 10.1. The van der Waals surface area contributed by atoms with E-state index in [4.69, 9.17) is 4.74 Å². The molecule has 1 aromatic rings. The zero-order valence-corrected chi connectivity index (χ0v) is 15.1. The Morgan fingerprint density at radius 3 is 2.40 bits per heavy atom. The number of ether oxygens (including phenoxy) is 2. The van der Waals surface area contributed by atoms with Crippen LogP contribution in [0.15, 0.2) is 29.3 Å². The molecular formula is C17H27F2N3O3. The maximum atomic E-state index is 12.1. The maximum Gasteiger partial charge on any atom is 0.387 e. The highest BCUT2D eigenvalue weighted by molar-refractivity contribution is 5.79. The summed E-state index contributed by atoms with van der Waals surface area (Å²) in [5, 5.41) is 16.4. The minimum Gasteiger partial charge on any atom is -0.435 e. The molecule has 0 aliphatic rings. The molecule has 0 saturated carbocycles. The Labute approximate surface area is 147 Å². The Bertz CT molecular complexity index is 536. The van der Waals surface area contributed by atoms with Gasteiger partial charge in [0.05, 0.1) is 18.2 Å². The molecular weight excluding hydrogens is 332 g/mol. The number of rotatable bonds is 9. The Hall–Kier alpha value is -1.93. The van der Waals surface area contributed by atoms with E-state index in [1.165, 1.54) is 12.1 Å². The van der Waals surface area contributed by atoms with Gasteiger partial charge in [-0.3, -0.25) is 4.99 Å². The Morgan fingerprint density at radius 2 is 1.88 bits per heavy atom. The summed E-state index contributed by atoms with van der Waals surface area (Å²) in [6, 6.07) is 5.88. The quantitative estimate of drug-likeness (QED) is 0.466. The van der Waals surface area contributed by atoms with Gasteiger partial charge in [0.1, 0.15) is 5.75 Å². The molecule has 0 bridgehead atoms. The number of guanidine groups is 1. The Balaban J connectivity index is 2.61. The van der Waals surface area contributed by atoms with Gasteiger partial charge in [-0.1, -0.05) is 12.1 Å². The fourth-order valence-corrected chi connectivity index (χ4v) is 1.86. The molecule has 0 saturated heterocycles. The third-order valence-corrected chi connectivity index (χ3v) is 3.47. The summed E-state index contributed by atoms with van der Waals surface area (Å²) in [4.78, 5) is 4.42. The first-order valence-electron chi connectivity index (χ1n) is 8.07. The van der Waals surface area contributed by atoms with Gasteiger partial charge in [0.15, 0.2) is 5.96 Å². The van der Waals surface area contributed by atoms with Crippen molar-refractivity contribution in [3.05, 3.63) is 29.8 Å². The standard InChI is InChI=1S/C17H27F2N3O3/c1-5-20-16(22-11-17(2,3)24-4)21-10-14(23)12-6-8-13(9-7-12)25-15(18)19/h6-9,14-15,23H,5,10-11H2,1-4H3,(H2,20,21,22). The average Bonchev–Trinajstić information content (AvgIpc) is 2.57. The van der Waals surface area contributed by atoms with Crippen LogP contribution >= 0.6 is 0 Å². The number of nitrogens with zero attached hydrogens (tertiary/aromatic N) is 1. The molecule has 6 nitrogen and oxygen atoms in total. The van der Waals surface area contributed by atoms with Crippen molar-refractivity contribution >= 4 is 5.96 Å². The van der Waals surface area contributed by atoms with E-state index >= 15 is 0 Å². The molecule has 0 fully saturated rings. The molecule has 8 heteroatoms. The topological polar surface area (TPSA) is 75.1 Å². The minimum absolute atomic E-state index is 0.0515. The van der Waals surface area contributed by atoms with Crippen molar-refractivity contribution in [3.63, 3.8) is 0 Å². The Kier molecular flexibility index (Phi) is 8.57. The van der Waals surface area contributed by atoms with Gasteiger partial charge in [-0.15, -0.1) is 0 Å². The first kappa shape index (κ1) is 21.1. The molecule has 142 valence electrons. The van der Waals surface area contributed by atoms with Crippen LogP contribution in [-0.2, 0) is 4.74 Å². The lowest BCUT2D eigenvalue weighted by Gasteiger charge is -2.22. The summed E-state index contributed by atoms with van der Waals surface area (Å²) < 4.78 is 33.9. The smallest absolute Gasteiger partial charge is 0.387 e. The minimum atomic E-state index is -2.87. The van der Waals surface area contributed by atoms with E-state index in [1.807, 2.05) is 20.8 Å². The number of aliphatic imine (C=N–C) groups is 1. The lowest BCUT2D eigenvalue weighted by atomic mass is 10.1. The molecule has 1 rings (SSSR count). The highest BCUT2D eigenvalue weighted by atomic mass is 19.3. The fourth-order valence-electron chi connectivity index (χ4n) is 1.86. The van der Waals surface area contributed by atoms with Crippen LogP contribution in [0, 0.1) is 0 Å². The number of aliphatic hydroxyl groups excluding tert-OH is 1. The van der Waals surface area contributed by atoms with Crippen molar-refractivity contribution in [2.24, 2.45) is 4.99 Å². The monoisotopic (exact) mass is 359 g/mol. The summed E-state index contributed by atoms with van der Waals surface area (Å²) in [6.45, 7) is 4.28. The zero-order chi connectivity index (χ0) is 18.9. The number of nitrogens with one attached hydrogen (secondary N) is 2. The molecule has 0 amide bonds. The molecule has 1 atom stereocenters. The molecule has 1 unspecified atom stereocenters. The van der Waals surface area contributed by atoms with E-state index in [0.29, 0.717) is 24.6 Å². The summed E-state index contributed by atoms with van der Waals surface area (Å²) >= 11 is 0. The first-order valence-corrected chi connectivity index (χ1v) is 8.07. The van der Waals surface area contributed by atoms with Crippen LogP contribution in [-0.4, -0.2) is 50.0 Å². The predicted molar refractivity (Wildman–Crippen MR) is 93.1 cm³/mol. The van der Waals surface area contributed by atoms with Crippen LogP contribution in [0.4, 0.5) is 8.78 Å². The van der Waals surface area contributed by atoms with Crippen molar-refractivity contribution in [1.82, 2.24) is 10.6 Å². The maximum absolute atomic E-state index is 12.1. The second-order valence-electron chi connectivity index (χ2n) is 6.00. The lowest BCUT2D eigenvalue weighted by Crippen LogP contribution is -2.40. The van der Waals surface area contributed by atoms with Gasteiger partial charge in [-0.05, 0) is 38.5 Å². The molecule has 0 radical (unpaired) electrons. The third-order valence-electron chi connectivity index (χ3n) is 3.47. The number of alkyl halides is 2. The van der Waals surface area contributed by atoms with Crippen molar-refractivity contribution in [3.8, 4) is 5.75 Å². The molecule has 0 spiro atoms. The third kappa shape index (κ3) is 8.13. The largest absolute Gasteiger partial charge is 0.435 e. The molecule has 0 heterocycles. The van der Waals surface area contributed by atoms with Crippen molar-refractivity contribution in [2.45, 2.75) is 39.1 Å². The molecule has 3 N–H and O–H groups in total. The van der Waals surface area contributed by atoms with Gasteiger partial charge in [0.25, 0.3) is 0 Å². The predicted octanol–water partition coefficient (Wildman–Crippen LogP) is 2.30. The summed E-state index contributed by atoms with van der Waals surface area (Å²) in [5.41, 5.74) is 0.198. The van der Waals surface area contributed by atoms with Crippen LogP contribution in [0.5, 0.6) is 5.75 Å². The van der Waals surface area contributed by atoms with Crippen molar-refractivity contribution < 1.29 is 23.4 Å². The SMILES string of the molecule is CCNC(=NCC(C)(C)OC)NCC(O)c1ccc(OC(F)F)cc1. The number of methoxy groups -OCH3 is 1. The van der Waals surface area contributed by atoms with E-state index in [-0.39, 0.29) is 17.9 Å². The van der Waals surface area contributed by atoms with Gasteiger partial charge in [-0.2, -0.15) is 8.78 Å². The van der Waals surface area contributed by atoms with E-state index in [0.717, 1.165) is 0 Å². The highest BCUT2D eigenvalue weighted by Crippen LogP contribution is 2.19. The van der Waals surface area contributed by atoms with Gasteiger partial charge >= 0.3 is 6.61 Å². The number of hydrogen-bond donors (Lipinski definition) is 3. The number of benzene rings is 1. The van der Waals surface area contributed by atoms with E-state index in [9.17, 15) is 13.9 Å². The van der Waals surface area contributed by atoms with Gasteiger partial charge in [0, 0.05) is 20.2 Å². The van der Waals surface area contributed by atoms with Crippen LogP contribution < -0.4 is 15.4 Å². The summed E-state index contributed by atoms with van der Waals surface area (Å²) in [5.74, 6) is 0.611. The normalized spacial score (nSPS) is 13.7. The number of aliphatic hydroxyl groups is 1. The molecule has 0 aliphatic heterocycles. The van der Waals surface area contributed by atoms with Gasteiger partial charge < -0.3 is 25.2 Å². The average molecular weight is 359 g/mol. The van der Waals surface area contributed by atoms with E-state index < -0.39 is 12.7 Å². The van der Waals surface area contributed by atoms with Crippen LogP contribution in [0.2, 0.25) is 0 Å². The second-order valence-corrected chi connectivity index (χ2v) is 6.00. The van der Waals surface area contributed by atoms with Crippen molar-refractivity contribution in [1.29, 1.82) is 0 Å². The molecule has 25 heavy (non-hydrogen) atoms. The highest BCUT2D eigenvalue weighted by Gasteiger charge is 2.16. The fraction of sp³-hybridized carbons (Fsp3) is 0.588. The van der Waals surface area contributed by atoms with Crippen LogP contribution in [0.3, 0.4) is 0 Å².